The van der Waals surface area contributed by atoms with Gasteiger partial charge in [0.25, 0.3) is 0 Å². The van der Waals surface area contributed by atoms with Gasteiger partial charge in [0.1, 0.15) is 24.1 Å². The third-order valence-electron chi connectivity index (χ3n) is 6.08. The van der Waals surface area contributed by atoms with Crippen LogP contribution in [0.15, 0.2) is 12.1 Å². The number of unbranched alkanes of at least 4 members (excludes halogenated alkanes) is 3. The third-order valence-corrected chi connectivity index (χ3v) is 6.08. The van der Waals surface area contributed by atoms with E-state index in [0.717, 1.165) is 45.1 Å². The summed E-state index contributed by atoms with van der Waals surface area (Å²) < 4.78 is 26.1. The van der Waals surface area contributed by atoms with Gasteiger partial charge >= 0.3 is 6.09 Å². The number of carbonyl (C=O) groups excluding carboxylic acids is 2. The second kappa shape index (κ2) is 9.10. The number of hydrogen-bond acceptors (Lipinski definition) is 5. The molecule has 8 heteroatoms. The molecule has 0 spiro atoms. The number of rotatable bonds is 8. The van der Waals surface area contributed by atoms with E-state index < -0.39 is 12.2 Å². The monoisotopic (exact) mass is 419 g/mol. The van der Waals surface area contributed by atoms with Gasteiger partial charge in [0.05, 0.1) is 24.8 Å². The maximum Gasteiger partial charge on any atom is 0.414 e. The zero-order valence-corrected chi connectivity index (χ0v) is 17.5. The van der Waals surface area contributed by atoms with E-state index in [1.165, 1.54) is 11.0 Å². The summed E-state index contributed by atoms with van der Waals surface area (Å²) in [5, 5.41) is 2.83. The van der Waals surface area contributed by atoms with Crippen molar-refractivity contribution in [3.8, 4) is 5.75 Å². The van der Waals surface area contributed by atoms with Crippen molar-refractivity contribution in [2.45, 2.75) is 64.0 Å². The highest BCUT2D eigenvalue weighted by Crippen LogP contribution is 2.42. The average molecular weight is 419 g/mol. The maximum absolute atomic E-state index is 14.9. The lowest BCUT2D eigenvalue weighted by Gasteiger charge is -2.34. The molecular formula is C22H30FN3O4. The van der Waals surface area contributed by atoms with E-state index in [4.69, 9.17) is 9.47 Å². The van der Waals surface area contributed by atoms with Crippen LogP contribution in [-0.2, 0) is 9.53 Å². The first-order valence-electron chi connectivity index (χ1n) is 11.0. The Labute approximate surface area is 176 Å². The highest BCUT2D eigenvalue weighted by atomic mass is 19.1. The Kier molecular flexibility index (Phi) is 6.29. The van der Waals surface area contributed by atoms with E-state index in [-0.39, 0.29) is 30.9 Å². The maximum atomic E-state index is 14.9. The van der Waals surface area contributed by atoms with Gasteiger partial charge in [0.2, 0.25) is 5.91 Å². The first-order chi connectivity index (χ1) is 14.6. The van der Waals surface area contributed by atoms with Gasteiger partial charge in [-0.3, -0.25) is 9.69 Å². The molecule has 0 bridgehead atoms. The fourth-order valence-electron chi connectivity index (χ4n) is 4.46. The van der Waals surface area contributed by atoms with E-state index >= 15 is 0 Å². The van der Waals surface area contributed by atoms with Crippen molar-refractivity contribution in [2.75, 3.05) is 36.0 Å². The lowest BCUT2D eigenvalue weighted by molar-refractivity contribution is -0.121. The number of anilines is 2. The smallest absolute Gasteiger partial charge is 0.414 e. The number of halogens is 1. The largest absolute Gasteiger partial charge is 0.489 e. The second-order valence-electron chi connectivity index (χ2n) is 8.31. The second-order valence-corrected chi connectivity index (χ2v) is 8.31. The topological polar surface area (TPSA) is 71.1 Å². The zero-order valence-electron chi connectivity index (χ0n) is 17.5. The van der Waals surface area contributed by atoms with Crippen LogP contribution in [-0.4, -0.2) is 50.4 Å². The van der Waals surface area contributed by atoms with Crippen LogP contribution in [0.1, 0.15) is 51.9 Å². The van der Waals surface area contributed by atoms with Crippen LogP contribution in [0.25, 0.3) is 0 Å². The van der Waals surface area contributed by atoms with E-state index in [9.17, 15) is 14.0 Å². The summed E-state index contributed by atoms with van der Waals surface area (Å²) in [5.41, 5.74) is 0.911. The number of fused-ring (bicyclic) bond motifs is 3. The molecule has 0 radical (unpaired) electrons. The van der Waals surface area contributed by atoms with E-state index in [0.29, 0.717) is 30.2 Å². The molecule has 0 unspecified atom stereocenters. The molecule has 30 heavy (non-hydrogen) atoms. The molecule has 0 aromatic heterocycles. The first-order valence-corrected chi connectivity index (χ1v) is 11.0. The molecule has 3 heterocycles. The minimum atomic E-state index is -0.536. The summed E-state index contributed by atoms with van der Waals surface area (Å²) in [5.74, 6) is 0.0551. The molecule has 0 saturated carbocycles. The molecule has 3 aliphatic rings. The quantitative estimate of drug-likeness (QED) is 0.652. The summed E-state index contributed by atoms with van der Waals surface area (Å²) in [7, 11) is 0. The molecule has 0 aliphatic carbocycles. The van der Waals surface area contributed by atoms with Gasteiger partial charge in [0.15, 0.2) is 5.82 Å². The van der Waals surface area contributed by atoms with Crippen LogP contribution in [0.3, 0.4) is 0 Å². The number of cyclic esters (lactones) is 1. The number of nitrogens with one attached hydrogen (secondary N) is 1. The Balaban J connectivity index is 1.35. The van der Waals surface area contributed by atoms with Gasteiger partial charge in [-0.15, -0.1) is 0 Å². The number of ether oxygens (including phenoxy) is 2. The summed E-state index contributed by atoms with van der Waals surface area (Å²) in [6, 6.07) is 3.31. The number of amides is 2. The minimum absolute atomic E-state index is 0.0333. The predicted molar refractivity (Wildman–Crippen MR) is 112 cm³/mol. The van der Waals surface area contributed by atoms with Crippen LogP contribution >= 0.6 is 0 Å². The lowest BCUT2D eigenvalue weighted by atomic mass is 10.1. The van der Waals surface area contributed by atoms with Gasteiger partial charge in [-0.25, -0.2) is 9.18 Å². The molecular weight excluding hydrogens is 389 g/mol. The molecule has 7 nitrogen and oxygen atoms in total. The number of carbonyl (C=O) groups is 2. The van der Waals surface area contributed by atoms with Crippen LogP contribution in [0, 0.1) is 5.82 Å². The molecule has 2 atom stereocenters. The Morgan fingerprint density at radius 3 is 3.00 bits per heavy atom. The summed E-state index contributed by atoms with van der Waals surface area (Å²) >= 11 is 0. The Hall–Kier alpha value is -2.51. The van der Waals surface area contributed by atoms with E-state index in [1.807, 2.05) is 0 Å². The van der Waals surface area contributed by atoms with Crippen molar-refractivity contribution in [3.05, 3.63) is 17.9 Å². The SMILES string of the molecule is CCCCCCC(=O)NC[C@H]1CN(c2cc(F)c3c(c2)OC[C@@H]2CCCN32)C(=O)O1. The average Bonchev–Trinajstić information content (AvgIpc) is 3.35. The van der Waals surface area contributed by atoms with E-state index in [2.05, 4.69) is 17.1 Å². The molecule has 1 N–H and O–H groups in total. The van der Waals surface area contributed by atoms with Crippen LogP contribution < -0.4 is 19.9 Å². The normalized spacial score (nSPS) is 22.4. The molecule has 4 rings (SSSR count). The van der Waals surface area contributed by atoms with Crippen molar-refractivity contribution >= 4 is 23.4 Å². The summed E-state index contributed by atoms with van der Waals surface area (Å²) in [6.07, 6.45) is 5.68. The highest BCUT2D eigenvalue weighted by molar-refractivity contribution is 5.91. The summed E-state index contributed by atoms with van der Waals surface area (Å²) in [4.78, 5) is 27.8. The number of hydrogen-bond donors (Lipinski definition) is 1. The first kappa shape index (κ1) is 20.8. The molecule has 1 aromatic carbocycles. The number of benzene rings is 1. The van der Waals surface area contributed by atoms with Gasteiger partial charge in [-0.1, -0.05) is 26.2 Å². The van der Waals surface area contributed by atoms with Crippen LogP contribution in [0.2, 0.25) is 0 Å². The Morgan fingerprint density at radius 2 is 2.17 bits per heavy atom. The highest BCUT2D eigenvalue weighted by Gasteiger charge is 2.37. The molecule has 2 fully saturated rings. The van der Waals surface area contributed by atoms with Crippen molar-refractivity contribution < 1.29 is 23.5 Å². The fraction of sp³-hybridized carbons (Fsp3) is 0.636. The molecule has 1 aromatic rings. The van der Waals surface area contributed by atoms with Crippen LogP contribution in [0.4, 0.5) is 20.6 Å². The van der Waals surface area contributed by atoms with Crippen LogP contribution in [0.5, 0.6) is 5.75 Å². The van der Waals surface area contributed by atoms with Gasteiger partial charge < -0.3 is 19.7 Å². The third kappa shape index (κ3) is 4.32. The van der Waals surface area contributed by atoms with E-state index in [1.54, 1.807) is 6.07 Å². The van der Waals surface area contributed by atoms with Crippen molar-refractivity contribution in [1.29, 1.82) is 0 Å². The van der Waals surface area contributed by atoms with Crippen molar-refractivity contribution in [3.63, 3.8) is 0 Å². The van der Waals surface area contributed by atoms with Gasteiger partial charge in [-0.2, -0.15) is 0 Å². The fourth-order valence-corrected chi connectivity index (χ4v) is 4.46. The molecule has 3 aliphatic heterocycles. The lowest BCUT2D eigenvalue weighted by Crippen LogP contribution is -2.39. The Morgan fingerprint density at radius 1 is 1.30 bits per heavy atom. The van der Waals surface area contributed by atoms with Crippen molar-refractivity contribution in [1.82, 2.24) is 5.32 Å². The standard InChI is InChI=1S/C22H30FN3O4/c1-2-3-4-5-8-20(27)24-12-17-13-26(22(28)30-17)16-10-18(23)21-19(11-16)29-14-15-7-6-9-25(15)21/h10-11,15,17H,2-9,12-14H2,1H3,(H,24,27)/t15-,17-/m0/s1. The minimum Gasteiger partial charge on any atom is -0.489 e. The van der Waals surface area contributed by atoms with Gasteiger partial charge in [0, 0.05) is 25.1 Å². The summed E-state index contributed by atoms with van der Waals surface area (Å²) in [6.45, 7) is 4.01. The van der Waals surface area contributed by atoms with Crippen molar-refractivity contribution in [2.24, 2.45) is 0 Å². The number of nitrogens with zero attached hydrogens (tertiary/aromatic N) is 2. The molecule has 164 valence electrons. The predicted octanol–water partition coefficient (Wildman–Crippen LogP) is 3.60. The molecule has 2 saturated heterocycles. The Bertz CT molecular complexity index is 803. The van der Waals surface area contributed by atoms with Gasteiger partial charge in [-0.05, 0) is 19.3 Å². The zero-order chi connectivity index (χ0) is 21.1. The molecule has 2 amide bonds.